The number of hydrogen-bond donors (Lipinski definition) is 0. The van der Waals surface area contributed by atoms with E-state index in [1.807, 2.05) is 12.3 Å². The summed E-state index contributed by atoms with van der Waals surface area (Å²) < 4.78 is 23.2. The Morgan fingerprint density at radius 3 is 2.43 bits per heavy atom. The molecule has 0 atom stereocenters. The summed E-state index contributed by atoms with van der Waals surface area (Å²) >= 11 is 0. The second kappa shape index (κ2) is 10.6. The predicted octanol–water partition coefficient (Wildman–Crippen LogP) is 5.26. The number of benzene rings is 1. The lowest BCUT2D eigenvalue weighted by atomic mass is 9.89. The number of pyridine rings is 1. The number of fused-ring (bicyclic) bond motifs is 1. The molecule has 3 heterocycles. The van der Waals surface area contributed by atoms with Crippen molar-refractivity contribution in [2.24, 2.45) is 11.8 Å². The molecule has 2 aromatic heterocycles. The standard InChI is InChI=1S/C29H38FN5O2/c1-33-11-13-34(14-12-33)26-17-25-22(16-24(26)30)28(36)23(19-35(25)18-21-9-3-2-4-10-21)29-31-27(37-32-29)15-20-7-5-6-8-20/h16-17,19-21H,2-15,18H2,1H3. The highest BCUT2D eigenvalue weighted by atomic mass is 19.1. The lowest BCUT2D eigenvalue weighted by Crippen LogP contribution is -2.44. The summed E-state index contributed by atoms with van der Waals surface area (Å²) in [6.07, 6.45) is 13.7. The Bertz CT molecular complexity index is 1300. The maximum atomic E-state index is 15.5. The Hall–Kier alpha value is -2.74. The van der Waals surface area contributed by atoms with Crippen molar-refractivity contribution in [1.29, 1.82) is 0 Å². The van der Waals surface area contributed by atoms with Crippen LogP contribution in [0.3, 0.4) is 0 Å². The van der Waals surface area contributed by atoms with Crippen LogP contribution in [0.15, 0.2) is 27.6 Å². The molecule has 2 aliphatic carbocycles. The Balaban J connectivity index is 1.40. The van der Waals surface area contributed by atoms with Crippen LogP contribution < -0.4 is 10.3 Å². The van der Waals surface area contributed by atoms with Crippen LogP contribution in [0.25, 0.3) is 22.3 Å². The number of nitrogens with zero attached hydrogens (tertiary/aromatic N) is 5. The minimum atomic E-state index is -0.342. The minimum absolute atomic E-state index is 0.230. The zero-order chi connectivity index (χ0) is 25.4. The van der Waals surface area contributed by atoms with Gasteiger partial charge in [-0.15, -0.1) is 0 Å². The molecule has 0 spiro atoms. The van der Waals surface area contributed by atoms with E-state index < -0.39 is 0 Å². The number of aromatic nitrogens is 3. The van der Waals surface area contributed by atoms with Gasteiger partial charge in [0, 0.05) is 50.7 Å². The first kappa shape index (κ1) is 24.6. The van der Waals surface area contributed by atoms with Gasteiger partial charge in [0.05, 0.1) is 16.8 Å². The van der Waals surface area contributed by atoms with Gasteiger partial charge in [0.25, 0.3) is 0 Å². The van der Waals surface area contributed by atoms with Gasteiger partial charge in [-0.3, -0.25) is 4.79 Å². The number of anilines is 1. The van der Waals surface area contributed by atoms with Crippen molar-refractivity contribution in [3.63, 3.8) is 0 Å². The molecule has 8 heteroatoms. The summed E-state index contributed by atoms with van der Waals surface area (Å²) in [6.45, 7) is 4.15. The second-order valence-corrected chi connectivity index (χ2v) is 11.5. The Kier molecular flexibility index (Phi) is 7.02. The first-order valence-corrected chi connectivity index (χ1v) is 14.2. The van der Waals surface area contributed by atoms with Gasteiger partial charge in [-0.1, -0.05) is 37.3 Å². The fourth-order valence-corrected chi connectivity index (χ4v) is 6.56. The minimum Gasteiger partial charge on any atom is -0.367 e. The number of rotatable bonds is 6. The molecule has 6 rings (SSSR count). The summed E-state index contributed by atoms with van der Waals surface area (Å²) in [5.74, 6) is 1.70. The fraction of sp³-hybridized carbons (Fsp3) is 0.621. The average Bonchev–Trinajstić information content (AvgIpc) is 3.60. The number of likely N-dealkylation sites (N-methyl/N-ethyl adjacent to an activating group) is 1. The van der Waals surface area contributed by atoms with Crippen LogP contribution >= 0.6 is 0 Å². The summed E-state index contributed by atoms with van der Waals surface area (Å²) in [4.78, 5) is 22.7. The SMILES string of the molecule is CN1CCN(c2cc3c(cc2F)c(=O)c(-c2noc(CC4CCCC4)n2)cn3CC2CCCCC2)CC1. The van der Waals surface area contributed by atoms with E-state index in [1.54, 1.807) is 0 Å². The van der Waals surface area contributed by atoms with Gasteiger partial charge in [0.15, 0.2) is 0 Å². The molecule has 0 radical (unpaired) electrons. The van der Waals surface area contributed by atoms with Crippen molar-refractivity contribution >= 4 is 16.6 Å². The van der Waals surface area contributed by atoms with E-state index in [9.17, 15) is 4.79 Å². The van der Waals surface area contributed by atoms with Gasteiger partial charge in [0.2, 0.25) is 17.1 Å². The molecule has 0 bridgehead atoms. The number of piperazine rings is 1. The van der Waals surface area contributed by atoms with Crippen molar-refractivity contribution in [3.8, 4) is 11.4 Å². The quantitative estimate of drug-likeness (QED) is 0.454. The third-order valence-corrected chi connectivity index (χ3v) is 8.82. The molecule has 0 N–H and O–H groups in total. The largest absolute Gasteiger partial charge is 0.367 e. The van der Waals surface area contributed by atoms with E-state index in [4.69, 9.17) is 4.52 Å². The molecule has 0 amide bonds. The van der Waals surface area contributed by atoms with E-state index in [1.165, 1.54) is 63.9 Å². The van der Waals surface area contributed by atoms with Crippen LogP contribution in [0, 0.1) is 17.7 Å². The third kappa shape index (κ3) is 5.17. The highest BCUT2D eigenvalue weighted by Gasteiger charge is 2.24. The van der Waals surface area contributed by atoms with E-state index in [2.05, 4.69) is 31.6 Å². The van der Waals surface area contributed by atoms with E-state index in [-0.39, 0.29) is 11.2 Å². The van der Waals surface area contributed by atoms with Gasteiger partial charge < -0.3 is 18.9 Å². The average molecular weight is 508 g/mol. The van der Waals surface area contributed by atoms with Gasteiger partial charge in [-0.25, -0.2) is 4.39 Å². The summed E-state index contributed by atoms with van der Waals surface area (Å²) in [6, 6.07) is 3.33. The van der Waals surface area contributed by atoms with Crippen molar-refractivity contribution < 1.29 is 8.91 Å². The van der Waals surface area contributed by atoms with E-state index >= 15 is 4.39 Å². The molecule has 7 nitrogen and oxygen atoms in total. The summed E-state index contributed by atoms with van der Waals surface area (Å²) in [7, 11) is 2.09. The predicted molar refractivity (Wildman–Crippen MR) is 143 cm³/mol. The summed E-state index contributed by atoms with van der Waals surface area (Å²) in [5, 5.41) is 4.59. The maximum Gasteiger partial charge on any atom is 0.227 e. The molecule has 3 aromatic rings. The molecule has 0 unspecified atom stereocenters. The normalized spacial score (nSPS) is 20.3. The molecule has 1 aromatic carbocycles. The molecule has 1 saturated heterocycles. The summed E-state index contributed by atoms with van der Waals surface area (Å²) in [5.41, 5.74) is 1.55. The zero-order valence-corrected chi connectivity index (χ0v) is 21.9. The van der Waals surface area contributed by atoms with Crippen molar-refractivity contribution in [3.05, 3.63) is 40.3 Å². The van der Waals surface area contributed by atoms with Crippen molar-refractivity contribution in [2.45, 2.75) is 70.8 Å². The topological polar surface area (TPSA) is 67.4 Å². The first-order chi connectivity index (χ1) is 18.0. The van der Waals surface area contributed by atoms with Gasteiger partial charge in [-0.2, -0.15) is 4.98 Å². The van der Waals surface area contributed by atoms with Crippen LogP contribution in [-0.2, 0) is 13.0 Å². The number of halogens is 1. The maximum absolute atomic E-state index is 15.5. The van der Waals surface area contributed by atoms with Crippen LogP contribution in [0.2, 0.25) is 0 Å². The van der Waals surface area contributed by atoms with Crippen LogP contribution in [-0.4, -0.2) is 52.8 Å². The van der Waals surface area contributed by atoms with Crippen LogP contribution in [0.1, 0.15) is 63.7 Å². The van der Waals surface area contributed by atoms with E-state index in [0.717, 1.165) is 44.7 Å². The molecule has 37 heavy (non-hydrogen) atoms. The van der Waals surface area contributed by atoms with Gasteiger partial charge in [-0.05, 0) is 56.7 Å². The third-order valence-electron chi connectivity index (χ3n) is 8.82. The monoisotopic (exact) mass is 507 g/mol. The van der Waals surface area contributed by atoms with Crippen LogP contribution in [0.5, 0.6) is 0 Å². The lowest BCUT2D eigenvalue weighted by Gasteiger charge is -2.34. The van der Waals surface area contributed by atoms with Gasteiger partial charge in [0.1, 0.15) is 5.82 Å². The Labute approximate surface area is 217 Å². The van der Waals surface area contributed by atoms with Gasteiger partial charge >= 0.3 is 0 Å². The lowest BCUT2D eigenvalue weighted by molar-refractivity contribution is 0.311. The fourth-order valence-electron chi connectivity index (χ4n) is 6.56. The second-order valence-electron chi connectivity index (χ2n) is 11.5. The molecule has 1 aliphatic heterocycles. The smallest absolute Gasteiger partial charge is 0.227 e. The molecule has 198 valence electrons. The molecular weight excluding hydrogens is 469 g/mol. The Morgan fingerprint density at radius 1 is 0.973 bits per heavy atom. The Morgan fingerprint density at radius 2 is 1.68 bits per heavy atom. The highest BCUT2D eigenvalue weighted by molar-refractivity contribution is 5.86. The molecule has 3 fully saturated rings. The molecule has 3 aliphatic rings. The van der Waals surface area contributed by atoms with Crippen LogP contribution in [0.4, 0.5) is 10.1 Å². The zero-order valence-electron chi connectivity index (χ0n) is 21.9. The van der Waals surface area contributed by atoms with Crippen molar-refractivity contribution in [2.75, 3.05) is 38.1 Å². The van der Waals surface area contributed by atoms with Crippen molar-refractivity contribution in [1.82, 2.24) is 19.6 Å². The number of hydrogen-bond acceptors (Lipinski definition) is 6. The highest BCUT2D eigenvalue weighted by Crippen LogP contribution is 2.31. The van der Waals surface area contributed by atoms with E-state index in [0.29, 0.717) is 40.2 Å². The molecule has 2 saturated carbocycles. The first-order valence-electron chi connectivity index (χ1n) is 14.2. The molecular formula is C29H38FN5O2.